The van der Waals surface area contributed by atoms with Gasteiger partial charge in [-0.25, -0.2) is 8.42 Å². The minimum Gasteiger partial charge on any atom is -0.329 e. The van der Waals surface area contributed by atoms with Crippen molar-refractivity contribution >= 4 is 26.5 Å². The number of rotatable bonds is 2. The number of hydrogen-bond donors (Lipinski definition) is 1. The summed E-state index contributed by atoms with van der Waals surface area (Å²) in [4.78, 5) is 14.7. The molecule has 2 heterocycles. The number of pyridine rings is 1. The average Bonchev–Trinajstić information content (AvgIpc) is 2.98. The van der Waals surface area contributed by atoms with E-state index in [-0.39, 0.29) is 10.5 Å². The van der Waals surface area contributed by atoms with Crippen LogP contribution in [-0.4, -0.2) is 19.9 Å². The molecule has 1 aliphatic rings. The van der Waals surface area contributed by atoms with Gasteiger partial charge in [-0.1, -0.05) is 18.2 Å². The Bertz CT molecular complexity index is 1120. The molecule has 0 fully saturated rings. The van der Waals surface area contributed by atoms with Gasteiger partial charge in [0.2, 0.25) is 0 Å². The summed E-state index contributed by atoms with van der Waals surface area (Å²) >= 11 is 0. The van der Waals surface area contributed by atoms with Crippen LogP contribution in [0.4, 0.5) is 5.69 Å². The van der Waals surface area contributed by atoms with E-state index in [1.165, 1.54) is 10.5 Å². The molecule has 4 rings (SSSR count). The maximum Gasteiger partial charge on any atom is 0.264 e. The molecular formula is C18H16N2O3S. The Balaban J connectivity index is 1.94. The number of sulfonamides is 1. The highest BCUT2D eigenvalue weighted by atomic mass is 32.2. The molecule has 0 spiro atoms. The normalized spacial score (nSPS) is 14.1. The predicted molar refractivity (Wildman–Crippen MR) is 94.0 cm³/mol. The number of aryl methyl sites for hydroxylation is 1. The Kier molecular flexibility index (Phi) is 3.25. The number of nitrogens with zero attached hydrogens (tertiary/aromatic N) is 1. The fourth-order valence-corrected chi connectivity index (χ4v) is 4.95. The lowest BCUT2D eigenvalue weighted by Gasteiger charge is -2.21. The van der Waals surface area contributed by atoms with Crippen LogP contribution in [0.5, 0.6) is 0 Å². The molecule has 122 valence electrons. The van der Waals surface area contributed by atoms with Crippen LogP contribution in [0.25, 0.3) is 10.8 Å². The average molecular weight is 340 g/mol. The molecule has 6 heteroatoms. The number of aromatic amines is 1. The molecule has 3 aromatic rings. The van der Waals surface area contributed by atoms with E-state index in [4.69, 9.17) is 0 Å². The molecule has 1 N–H and O–H groups in total. The van der Waals surface area contributed by atoms with E-state index in [0.717, 1.165) is 16.8 Å². The van der Waals surface area contributed by atoms with Crippen molar-refractivity contribution in [2.75, 3.05) is 10.8 Å². The van der Waals surface area contributed by atoms with Gasteiger partial charge in [-0.05, 0) is 48.7 Å². The fourth-order valence-electron chi connectivity index (χ4n) is 3.25. The van der Waals surface area contributed by atoms with Crippen molar-refractivity contribution in [2.45, 2.75) is 18.2 Å². The topological polar surface area (TPSA) is 70.2 Å². The second-order valence-electron chi connectivity index (χ2n) is 5.98. The van der Waals surface area contributed by atoms with Crippen LogP contribution in [0.3, 0.4) is 0 Å². The summed E-state index contributed by atoms with van der Waals surface area (Å²) in [7, 11) is -3.73. The van der Waals surface area contributed by atoms with Gasteiger partial charge in [0.25, 0.3) is 15.6 Å². The van der Waals surface area contributed by atoms with E-state index in [0.29, 0.717) is 23.7 Å². The van der Waals surface area contributed by atoms with Crippen LogP contribution in [0, 0.1) is 6.92 Å². The predicted octanol–water partition coefficient (Wildman–Crippen LogP) is 2.59. The third-order valence-corrected chi connectivity index (χ3v) is 6.31. The smallest absolute Gasteiger partial charge is 0.264 e. The first-order chi connectivity index (χ1) is 11.5. The number of benzene rings is 2. The zero-order chi connectivity index (χ0) is 16.9. The van der Waals surface area contributed by atoms with Gasteiger partial charge in [-0.15, -0.1) is 0 Å². The molecule has 2 aromatic carbocycles. The molecule has 0 amide bonds. The highest BCUT2D eigenvalue weighted by Crippen LogP contribution is 2.35. The van der Waals surface area contributed by atoms with Gasteiger partial charge in [0.15, 0.2) is 0 Å². The zero-order valence-electron chi connectivity index (χ0n) is 13.1. The van der Waals surface area contributed by atoms with Gasteiger partial charge in [0.1, 0.15) is 0 Å². The molecule has 0 unspecified atom stereocenters. The van der Waals surface area contributed by atoms with Crippen LogP contribution in [0.2, 0.25) is 0 Å². The van der Waals surface area contributed by atoms with Crippen LogP contribution in [0.1, 0.15) is 11.1 Å². The molecule has 0 saturated carbocycles. The Morgan fingerprint density at radius 1 is 1.08 bits per heavy atom. The highest BCUT2D eigenvalue weighted by Gasteiger charge is 2.32. The number of aromatic nitrogens is 1. The molecule has 0 bridgehead atoms. The number of anilines is 1. The molecule has 1 aromatic heterocycles. The summed E-state index contributed by atoms with van der Waals surface area (Å²) in [6.45, 7) is 2.36. The van der Waals surface area contributed by atoms with Crippen molar-refractivity contribution in [3.8, 4) is 0 Å². The van der Waals surface area contributed by atoms with Gasteiger partial charge in [-0.3, -0.25) is 9.10 Å². The SMILES string of the molecule is Cc1ccc2c(c1)N(S(=O)(=O)c1cccc3c(=O)[nH]ccc13)CC2. The number of H-pyrrole nitrogens is 1. The van der Waals surface area contributed by atoms with Crippen LogP contribution < -0.4 is 9.86 Å². The molecule has 24 heavy (non-hydrogen) atoms. The molecule has 5 nitrogen and oxygen atoms in total. The fraction of sp³-hybridized carbons (Fsp3) is 0.167. The molecular weight excluding hydrogens is 324 g/mol. The maximum atomic E-state index is 13.2. The molecule has 0 radical (unpaired) electrons. The Morgan fingerprint density at radius 2 is 1.92 bits per heavy atom. The summed E-state index contributed by atoms with van der Waals surface area (Å²) in [6.07, 6.45) is 2.17. The van der Waals surface area contributed by atoms with Crippen molar-refractivity contribution in [1.82, 2.24) is 4.98 Å². The molecule has 1 aliphatic heterocycles. The minimum atomic E-state index is -3.73. The lowest BCUT2D eigenvalue weighted by Crippen LogP contribution is -2.29. The van der Waals surface area contributed by atoms with Gasteiger partial charge in [0.05, 0.1) is 10.6 Å². The van der Waals surface area contributed by atoms with E-state index >= 15 is 0 Å². The zero-order valence-corrected chi connectivity index (χ0v) is 13.9. The van der Waals surface area contributed by atoms with E-state index in [2.05, 4.69) is 4.98 Å². The first-order valence-electron chi connectivity index (χ1n) is 7.71. The first kappa shape index (κ1) is 15.0. The van der Waals surface area contributed by atoms with Gasteiger partial charge in [0, 0.05) is 23.5 Å². The van der Waals surface area contributed by atoms with Gasteiger partial charge >= 0.3 is 0 Å². The first-order valence-corrected chi connectivity index (χ1v) is 9.15. The van der Waals surface area contributed by atoms with Crippen molar-refractivity contribution in [3.05, 3.63) is 70.1 Å². The quantitative estimate of drug-likeness (QED) is 0.779. The van der Waals surface area contributed by atoms with E-state index < -0.39 is 10.0 Å². The van der Waals surface area contributed by atoms with Crippen molar-refractivity contribution in [3.63, 3.8) is 0 Å². The Hall–Kier alpha value is -2.60. The molecule has 0 aliphatic carbocycles. The number of fused-ring (bicyclic) bond motifs is 2. The lowest BCUT2D eigenvalue weighted by molar-refractivity contribution is 0.593. The highest BCUT2D eigenvalue weighted by molar-refractivity contribution is 7.93. The molecule has 0 atom stereocenters. The molecule has 0 saturated heterocycles. The van der Waals surface area contributed by atoms with Crippen molar-refractivity contribution < 1.29 is 8.42 Å². The summed E-state index contributed by atoms with van der Waals surface area (Å²) in [5.74, 6) is 0. The third kappa shape index (κ3) is 2.14. The van der Waals surface area contributed by atoms with E-state index in [1.807, 2.05) is 25.1 Å². The Morgan fingerprint density at radius 3 is 2.75 bits per heavy atom. The van der Waals surface area contributed by atoms with E-state index in [1.54, 1.807) is 24.3 Å². The monoisotopic (exact) mass is 340 g/mol. The van der Waals surface area contributed by atoms with Crippen LogP contribution >= 0.6 is 0 Å². The minimum absolute atomic E-state index is 0.167. The Labute approximate surface area is 139 Å². The summed E-state index contributed by atoms with van der Waals surface area (Å²) < 4.78 is 27.9. The largest absolute Gasteiger partial charge is 0.329 e. The second kappa shape index (κ2) is 5.21. The second-order valence-corrected chi connectivity index (χ2v) is 7.81. The maximum absolute atomic E-state index is 13.2. The third-order valence-electron chi connectivity index (χ3n) is 4.44. The summed E-state index contributed by atoms with van der Waals surface area (Å²) in [5, 5.41) is 0.824. The van der Waals surface area contributed by atoms with E-state index in [9.17, 15) is 13.2 Å². The summed E-state index contributed by atoms with van der Waals surface area (Å²) in [6, 6.07) is 12.3. The van der Waals surface area contributed by atoms with Crippen molar-refractivity contribution in [2.24, 2.45) is 0 Å². The summed E-state index contributed by atoms with van der Waals surface area (Å²) in [5.41, 5.74) is 2.49. The lowest BCUT2D eigenvalue weighted by atomic mass is 10.1. The van der Waals surface area contributed by atoms with Crippen molar-refractivity contribution in [1.29, 1.82) is 0 Å². The number of hydrogen-bond acceptors (Lipinski definition) is 3. The standard InChI is InChI=1S/C18H16N2O3S/c1-12-5-6-13-8-10-20(16(13)11-12)24(22,23)17-4-2-3-15-14(17)7-9-19-18(15)21/h2-7,9,11H,8,10H2,1H3,(H,19,21). The van der Waals surface area contributed by atoms with Gasteiger partial charge < -0.3 is 4.98 Å². The van der Waals surface area contributed by atoms with Crippen LogP contribution in [-0.2, 0) is 16.4 Å². The number of nitrogens with one attached hydrogen (secondary N) is 1. The van der Waals surface area contributed by atoms with Crippen LogP contribution in [0.15, 0.2) is 58.4 Å². The van der Waals surface area contributed by atoms with Gasteiger partial charge in [-0.2, -0.15) is 0 Å².